The van der Waals surface area contributed by atoms with Crippen LogP contribution in [0.2, 0.25) is 0 Å². The second-order valence-corrected chi connectivity index (χ2v) is 5.33. The van der Waals surface area contributed by atoms with E-state index in [4.69, 9.17) is 5.11 Å². The van der Waals surface area contributed by atoms with Gasteiger partial charge in [0, 0.05) is 12.2 Å². The Morgan fingerprint density at radius 1 is 1.29 bits per heavy atom. The highest BCUT2D eigenvalue weighted by Crippen LogP contribution is 2.21. The summed E-state index contributed by atoms with van der Waals surface area (Å²) in [7, 11) is 0. The van der Waals surface area contributed by atoms with Crippen molar-refractivity contribution in [3.8, 4) is 0 Å². The fourth-order valence-electron chi connectivity index (χ4n) is 1.60. The molecule has 1 atom stereocenters. The molecule has 4 heteroatoms. The molecule has 0 aliphatic heterocycles. The van der Waals surface area contributed by atoms with E-state index >= 15 is 0 Å². The summed E-state index contributed by atoms with van der Waals surface area (Å²) in [5.41, 5.74) is 1.17. The standard InChI is InChI=1S/C13H16O3S/c1-10(14)17-12(9-13(15)16)8-7-11-5-3-2-4-6-11/h2-6,12H,7-9H2,1H3,(H,15,16). The first-order chi connectivity index (χ1) is 8.08. The van der Waals surface area contributed by atoms with Crippen molar-refractivity contribution in [3.05, 3.63) is 35.9 Å². The minimum atomic E-state index is -0.850. The summed E-state index contributed by atoms with van der Waals surface area (Å²) in [5.74, 6) is -0.850. The highest BCUT2D eigenvalue weighted by atomic mass is 32.2. The van der Waals surface area contributed by atoms with Gasteiger partial charge in [0.1, 0.15) is 0 Å². The molecular weight excluding hydrogens is 236 g/mol. The molecule has 0 heterocycles. The van der Waals surface area contributed by atoms with Gasteiger partial charge in [0.25, 0.3) is 0 Å². The molecule has 0 fully saturated rings. The summed E-state index contributed by atoms with van der Waals surface area (Å²) in [6, 6.07) is 9.88. The van der Waals surface area contributed by atoms with Crippen molar-refractivity contribution in [1.29, 1.82) is 0 Å². The van der Waals surface area contributed by atoms with E-state index in [2.05, 4.69) is 0 Å². The Bertz CT molecular complexity index is 360. The molecule has 0 bridgehead atoms. The number of carbonyl (C=O) groups is 2. The van der Waals surface area contributed by atoms with Gasteiger partial charge in [-0.1, -0.05) is 42.1 Å². The van der Waals surface area contributed by atoms with Crippen LogP contribution < -0.4 is 0 Å². The van der Waals surface area contributed by atoms with Gasteiger partial charge in [0.2, 0.25) is 0 Å². The number of aliphatic carboxylic acids is 1. The summed E-state index contributed by atoms with van der Waals surface area (Å²) in [6.07, 6.45) is 1.55. The predicted octanol–water partition coefficient (Wildman–Crippen LogP) is 2.74. The van der Waals surface area contributed by atoms with Crippen LogP contribution in [0.1, 0.15) is 25.3 Å². The molecule has 3 nitrogen and oxygen atoms in total. The maximum absolute atomic E-state index is 11.0. The predicted molar refractivity (Wildman–Crippen MR) is 69.1 cm³/mol. The number of rotatable bonds is 6. The van der Waals surface area contributed by atoms with Crippen LogP contribution in [0.25, 0.3) is 0 Å². The SMILES string of the molecule is CC(=O)SC(CCc1ccccc1)CC(=O)O. The van der Waals surface area contributed by atoms with Crippen molar-refractivity contribution in [2.45, 2.75) is 31.4 Å². The van der Waals surface area contributed by atoms with Gasteiger partial charge in [-0.05, 0) is 18.4 Å². The Kier molecular flexibility index (Phi) is 5.77. The van der Waals surface area contributed by atoms with Gasteiger partial charge >= 0.3 is 5.97 Å². The number of hydrogen-bond acceptors (Lipinski definition) is 3. The molecule has 0 aromatic heterocycles. The highest BCUT2D eigenvalue weighted by Gasteiger charge is 2.15. The molecule has 1 rings (SSSR count). The van der Waals surface area contributed by atoms with E-state index in [1.165, 1.54) is 12.5 Å². The van der Waals surface area contributed by atoms with Crippen LogP contribution in [0.3, 0.4) is 0 Å². The molecule has 17 heavy (non-hydrogen) atoms. The smallest absolute Gasteiger partial charge is 0.304 e. The van der Waals surface area contributed by atoms with E-state index in [1.807, 2.05) is 30.3 Å². The average Bonchev–Trinajstić information content (AvgIpc) is 2.26. The molecule has 1 unspecified atom stereocenters. The molecule has 1 aromatic rings. The van der Waals surface area contributed by atoms with Gasteiger partial charge in [-0.25, -0.2) is 0 Å². The van der Waals surface area contributed by atoms with Gasteiger partial charge < -0.3 is 5.11 Å². The second-order valence-electron chi connectivity index (χ2n) is 3.85. The number of carbonyl (C=O) groups excluding carboxylic acids is 1. The maximum atomic E-state index is 11.0. The Labute approximate surface area is 105 Å². The van der Waals surface area contributed by atoms with Crippen LogP contribution in [-0.2, 0) is 16.0 Å². The van der Waals surface area contributed by atoms with E-state index in [9.17, 15) is 9.59 Å². The van der Waals surface area contributed by atoms with Crippen LogP contribution in [-0.4, -0.2) is 21.4 Å². The second kappa shape index (κ2) is 7.12. The van der Waals surface area contributed by atoms with Gasteiger partial charge in [-0.2, -0.15) is 0 Å². The fourth-order valence-corrected chi connectivity index (χ4v) is 2.54. The number of aryl methyl sites for hydroxylation is 1. The number of benzene rings is 1. The zero-order valence-corrected chi connectivity index (χ0v) is 10.6. The van der Waals surface area contributed by atoms with Gasteiger partial charge in [-0.15, -0.1) is 0 Å². The largest absolute Gasteiger partial charge is 0.481 e. The fraction of sp³-hybridized carbons (Fsp3) is 0.385. The van der Waals surface area contributed by atoms with Crippen molar-refractivity contribution in [3.63, 3.8) is 0 Å². The van der Waals surface area contributed by atoms with Crippen LogP contribution in [0, 0.1) is 0 Å². The van der Waals surface area contributed by atoms with Crippen molar-refractivity contribution >= 4 is 22.8 Å². The Balaban J connectivity index is 2.48. The summed E-state index contributed by atoms with van der Waals surface area (Å²) >= 11 is 1.13. The summed E-state index contributed by atoms with van der Waals surface area (Å²) in [6.45, 7) is 1.47. The first-order valence-corrected chi connectivity index (χ1v) is 6.39. The third-order valence-electron chi connectivity index (χ3n) is 2.33. The molecule has 0 aliphatic carbocycles. The topological polar surface area (TPSA) is 54.4 Å². The zero-order valence-electron chi connectivity index (χ0n) is 9.76. The van der Waals surface area contributed by atoms with E-state index < -0.39 is 5.97 Å². The molecular formula is C13H16O3S. The Morgan fingerprint density at radius 2 is 1.94 bits per heavy atom. The molecule has 0 amide bonds. The number of hydrogen-bond donors (Lipinski definition) is 1. The lowest BCUT2D eigenvalue weighted by Gasteiger charge is -2.12. The minimum Gasteiger partial charge on any atom is -0.481 e. The molecule has 1 aromatic carbocycles. The quantitative estimate of drug-likeness (QED) is 0.845. The molecule has 0 spiro atoms. The number of carboxylic acids is 1. The number of thioether (sulfide) groups is 1. The molecule has 0 aliphatic rings. The zero-order chi connectivity index (χ0) is 12.7. The lowest BCUT2D eigenvalue weighted by Crippen LogP contribution is -2.12. The molecule has 0 saturated carbocycles. The first-order valence-electron chi connectivity index (χ1n) is 5.51. The molecule has 0 saturated heterocycles. The van der Waals surface area contributed by atoms with Crippen molar-refractivity contribution in [2.24, 2.45) is 0 Å². The van der Waals surface area contributed by atoms with Crippen LogP contribution in [0.5, 0.6) is 0 Å². The van der Waals surface area contributed by atoms with Crippen molar-refractivity contribution in [1.82, 2.24) is 0 Å². The third-order valence-corrected chi connectivity index (χ3v) is 3.40. The van der Waals surface area contributed by atoms with Gasteiger partial charge in [0.15, 0.2) is 5.12 Å². The summed E-state index contributed by atoms with van der Waals surface area (Å²) in [4.78, 5) is 21.7. The van der Waals surface area contributed by atoms with Gasteiger partial charge in [0.05, 0.1) is 6.42 Å². The van der Waals surface area contributed by atoms with E-state index in [-0.39, 0.29) is 16.8 Å². The normalized spacial score (nSPS) is 12.1. The van der Waals surface area contributed by atoms with E-state index in [0.717, 1.165) is 18.2 Å². The Hall–Kier alpha value is -1.29. The van der Waals surface area contributed by atoms with Crippen LogP contribution in [0.4, 0.5) is 0 Å². The van der Waals surface area contributed by atoms with E-state index in [0.29, 0.717) is 6.42 Å². The van der Waals surface area contributed by atoms with Crippen LogP contribution in [0.15, 0.2) is 30.3 Å². The van der Waals surface area contributed by atoms with Crippen molar-refractivity contribution < 1.29 is 14.7 Å². The third kappa shape index (κ3) is 6.12. The minimum absolute atomic E-state index is 0.0238. The molecule has 92 valence electrons. The Morgan fingerprint density at radius 3 is 2.47 bits per heavy atom. The lowest BCUT2D eigenvalue weighted by molar-refractivity contribution is -0.137. The van der Waals surface area contributed by atoms with Crippen LogP contribution >= 0.6 is 11.8 Å². The van der Waals surface area contributed by atoms with E-state index in [1.54, 1.807) is 0 Å². The van der Waals surface area contributed by atoms with Crippen molar-refractivity contribution in [2.75, 3.05) is 0 Å². The highest BCUT2D eigenvalue weighted by molar-refractivity contribution is 8.14. The average molecular weight is 252 g/mol. The van der Waals surface area contributed by atoms with Gasteiger partial charge in [-0.3, -0.25) is 9.59 Å². The lowest BCUT2D eigenvalue weighted by atomic mass is 10.1. The molecule has 1 N–H and O–H groups in total. The monoisotopic (exact) mass is 252 g/mol. The summed E-state index contributed by atoms with van der Waals surface area (Å²) in [5, 5.41) is 8.61. The maximum Gasteiger partial charge on any atom is 0.304 e. The molecule has 0 radical (unpaired) electrons. The first kappa shape index (κ1) is 13.8. The summed E-state index contributed by atoms with van der Waals surface area (Å²) < 4.78 is 0. The number of carboxylic acid groups (broad SMARTS) is 1.